The summed E-state index contributed by atoms with van der Waals surface area (Å²) < 4.78 is 0. The second-order valence-electron chi connectivity index (χ2n) is 4.87. The first-order valence-corrected chi connectivity index (χ1v) is 5.82. The molecule has 1 aromatic rings. The van der Waals surface area contributed by atoms with E-state index in [0.29, 0.717) is 17.9 Å². The maximum Gasteiger partial charge on any atom is 0.272 e. The fourth-order valence-corrected chi connectivity index (χ4v) is 1.95. The molecule has 4 nitrogen and oxygen atoms in total. The number of hydrogen-bond donors (Lipinski definition) is 1. The van der Waals surface area contributed by atoms with Gasteiger partial charge in [-0.25, -0.2) is 0 Å². The summed E-state index contributed by atoms with van der Waals surface area (Å²) in [7, 11) is 0. The zero-order valence-electron chi connectivity index (χ0n) is 10.5. The maximum atomic E-state index is 10.7. The quantitative estimate of drug-likeness (QED) is 0.632. The van der Waals surface area contributed by atoms with Crippen LogP contribution in [-0.2, 0) is 6.42 Å². The lowest BCUT2D eigenvalue weighted by Crippen LogP contribution is -2.13. The van der Waals surface area contributed by atoms with Crippen molar-refractivity contribution >= 4 is 5.69 Å². The molecule has 0 aliphatic heterocycles. The highest BCUT2D eigenvalue weighted by atomic mass is 16.6. The van der Waals surface area contributed by atoms with Crippen LogP contribution in [0.5, 0.6) is 0 Å². The molecule has 1 atom stereocenters. The minimum Gasteiger partial charge on any atom is -0.393 e. The monoisotopic (exact) mass is 237 g/mol. The van der Waals surface area contributed by atoms with Crippen LogP contribution in [0.25, 0.3) is 0 Å². The van der Waals surface area contributed by atoms with Crippen molar-refractivity contribution in [1.82, 2.24) is 0 Å². The predicted octanol–water partition coefficient (Wildman–Crippen LogP) is 2.85. The highest BCUT2D eigenvalue weighted by Crippen LogP contribution is 2.20. The molecule has 0 fully saturated rings. The number of nitro groups is 1. The zero-order chi connectivity index (χ0) is 13.0. The van der Waals surface area contributed by atoms with Crippen LogP contribution >= 0.6 is 0 Å². The van der Waals surface area contributed by atoms with Crippen molar-refractivity contribution in [2.75, 3.05) is 0 Å². The van der Waals surface area contributed by atoms with Crippen molar-refractivity contribution in [2.45, 2.75) is 39.7 Å². The summed E-state index contributed by atoms with van der Waals surface area (Å²) in [5.74, 6) is 0.448. The summed E-state index contributed by atoms with van der Waals surface area (Å²) in [6.45, 7) is 5.84. The Morgan fingerprint density at radius 2 is 2.06 bits per heavy atom. The van der Waals surface area contributed by atoms with E-state index < -0.39 is 0 Å². The van der Waals surface area contributed by atoms with Crippen molar-refractivity contribution in [3.8, 4) is 0 Å². The average Bonchev–Trinajstić information content (AvgIpc) is 2.15. The summed E-state index contributed by atoms with van der Waals surface area (Å²) in [6.07, 6.45) is 0.920. The lowest BCUT2D eigenvalue weighted by molar-refractivity contribution is -0.385. The molecule has 0 saturated carbocycles. The Balaban J connectivity index is 2.74. The van der Waals surface area contributed by atoms with Gasteiger partial charge in [0.15, 0.2) is 0 Å². The Labute approximate surface area is 101 Å². The minimum absolute atomic E-state index is 0.132. The normalized spacial score (nSPS) is 12.8. The molecular weight excluding hydrogens is 218 g/mol. The van der Waals surface area contributed by atoms with Crippen molar-refractivity contribution in [3.63, 3.8) is 0 Å². The molecule has 17 heavy (non-hydrogen) atoms. The van der Waals surface area contributed by atoms with Crippen LogP contribution in [0.3, 0.4) is 0 Å². The van der Waals surface area contributed by atoms with Gasteiger partial charge in [0.1, 0.15) is 0 Å². The third-order valence-corrected chi connectivity index (χ3v) is 2.67. The minimum atomic E-state index is -0.385. The van der Waals surface area contributed by atoms with E-state index in [1.165, 1.54) is 6.07 Å². The first-order chi connectivity index (χ1) is 7.90. The van der Waals surface area contributed by atoms with E-state index >= 15 is 0 Å². The number of rotatable bonds is 5. The average molecular weight is 237 g/mol. The van der Waals surface area contributed by atoms with Crippen molar-refractivity contribution in [2.24, 2.45) is 5.92 Å². The second kappa shape index (κ2) is 5.77. The summed E-state index contributed by atoms with van der Waals surface area (Å²) in [6, 6.07) is 5.00. The molecule has 1 aromatic carbocycles. The van der Waals surface area contributed by atoms with Gasteiger partial charge in [-0.05, 0) is 37.3 Å². The van der Waals surface area contributed by atoms with Crippen molar-refractivity contribution in [1.29, 1.82) is 0 Å². The lowest BCUT2D eigenvalue weighted by Gasteiger charge is -2.13. The largest absolute Gasteiger partial charge is 0.393 e. The standard InChI is InChI=1S/C13H19NO3/c1-9(2)6-12(15)8-11-4-5-13(14(16)17)10(3)7-11/h4-5,7,9,12,15H,6,8H2,1-3H3. The molecule has 0 radical (unpaired) electrons. The number of nitrogens with zero attached hydrogens (tertiary/aromatic N) is 1. The molecule has 0 saturated heterocycles. The van der Waals surface area contributed by atoms with Gasteiger partial charge in [0.2, 0.25) is 0 Å². The van der Waals surface area contributed by atoms with Crippen LogP contribution in [0.1, 0.15) is 31.4 Å². The third-order valence-electron chi connectivity index (χ3n) is 2.67. The number of nitro benzene ring substituents is 1. The Hall–Kier alpha value is -1.42. The summed E-state index contributed by atoms with van der Waals surface area (Å²) in [4.78, 5) is 10.3. The van der Waals surface area contributed by atoms with Gasteiger partial charge in [0.05, 0.1) is 11.0 Å². The van der Waals surface area contributed by atoms with Crippen LogP contribution < -0.4 is 0 Å². The summed E-state index contributed by atoms with van der Waals surface area (Å²) >= 11 is 0. The Morgan fingerprint density at radius 3 is 2.53 bits per heavy atom. The van der Waals surface area contributed by atoms with Crippen LogP contribution in [-0.4, -0.2) is 16.1 Å². The number of aryl methyl sites for hydroxylation is 1. The van der Waals surface area contributed by atoms with Gasteiger partial charge in [-0.1, -0.05) is 19.9 Å². The predicted molar refractivity (Wildman–Crippen MR) is 67.0 cm³/mol. The number of benzene rings is 1. The fraction of sp³-hybridized carbons (Fsp3) is 0.538. The van der Waals surface area contributed by atoms with E-state index in [2.05, 4.69) is 13.8 Å². The van der Waals surface area contributed by atoms with E-state index in [1.807, 2.05) is 0 Å². The molecule has 1 rings (SSSR count). The Bertz CT molecular complexity index is 402. The van der Waals surface area contributed by atoms with E-state index in [0.717, 1.165) is 12.0 Å². The number of aliphatic hydroxyl groups excluding tert-OH is 1. The first kappa shape index (κ1) is 13.6. The second-order valence-corrected chi connectivity index (χ2v) is 4.87. The molecule has 0 heterocycles. The molecule has 0 spiro atoms. The topological polar surface area (TPSA) is 63.4 Å². The molecule has 0 amide bonds. The summed E-state index contributed by atoms with van der Waals surface area (Å²) in [5.41, 5.74) is 1.72. The molecule has 0 bridgehead atoms. The zero-order valence-corrected chi connectivity index (χ0v) is 10.5. The van der Waals surface area contributed by atoms with Gasteiger partial charge in [-0.3, -0.25) is 10.1 Å². The van der Waals surface area contributed by atoms with E-state index in [1.54, 1.807) is 19.1 Å². The van der Waals surface area contributed by atoms with E-state index in [-0.39, 0.29) is 16.7 Å². The number of hydrogen-bond acceptors (Lipinski definition) is 3. The molecule has 0 aliphatic rings. The van der Waals surface area contributed by atoms with Gasteiger partial charge in [-0.2, -0.15) is 0 Å². The van der Waals surface area contributed by atoms with Gasteiger partial charge < -0.3 is 5.11 Å². The SMILES string of the molecule is Cc1cc(CC(O)CC(C)C)ccc1[N+](=O)[O-]. The van der Waals surface area contributed by atoms with Gasteiger partial charge >= 0.3 is 0 Å². The third kappa shape index (κ3) is 4.15. The van der Waals surface area contributed by atoms with Gasteiger partial charge in [0.25, 0.3) is 5.69 Å². The number of aliphatic hydroxyl groups is 1. The van der Waals surface area contributed by atoms with E-state index in [9.17, 15) is 15.2 Å². The molecular formula is C13H19NO3. The Morgan fingerprint density at radius 1 is 1.41 bits per heavy atom. The lowest BCUT2D eigenvalue weighted by atomic mass is 9.98. The Kier molecular flexibility index (Phi) is 4.63. The van der Waals surface area contributed by atoms with Crippen molar-refractivity contribution < 1.29 is 10.0 Å². The summed E-state index contributed by atoms with van der Waals surface area (Å²) in [5, 5.41) is 20.5. The van der Waals surface area contributed by atoms with Crippen LogP contribution in [0.4, 0.5) is 5.69 Å². The molecule has 0 aliphatic carbocycles. The highest BCUT2D eigenvalue weighted by molar-refractivity contribution is 5.41. The fourth-order valence-electron chi connectivity index (χ4n) is 1.95. The van der Waals surface area contributed by atoms with Gasteiger partial charge in [0, 0.05) is 11.6 Å². The molecule has 1 N–H and O–H groups in total. The van der Waals surface area contributed by atoms with Crippen LogP contribution in [0, 0.1) is 23.0 Å². The molecule has 0 aromatic heterocycles. The van der Waals surface area contributed by atoms with Crippen molar-refractivity contribution in [3.05, 3.63) is 39.4 Å². The molecule has 4 heteroatoms. The van der Waals surface area contributed by atoms with Crippen LogP contribution in [0.2, 0.25) is 0 Å². The maximum absolute atomic E-state index is 10.7. The molecule has 94 valence electrons. The van der Waals surface area contributed by atoms with E-state index in [4.69, 9.17) is 0 Å². The smallest absolute Gasteiger partial charge is 0.272 e. The van der Waals surface area contributed by atoms with Crippen LogP contribution in [0.15, 0.2) is 18.2 Å². The molecule has 1 unspecified atom stereocenters. The van der Waals surface area contributed by atoms with Gasteiger partial charge in [-0.15, -0.1) is 0 Å². The highest BCUT2D eigenvalue weighted by Gasteiger charge is 2.13. The first-order valence-electron chi connectivity index (χ1n) is 5.82.